The van der Waals surface area contributed by atoms with Gasteiger partial charge in [-0.25, -0.2) is 0 Å². The Hall–Kier alpha value is -0.940. The van der Waals surface area contributed by atoms with Gasteiger partial charge in [0, 0.05) is 20.2 Å². The highest BCUT2D eigenvalue weighted by atomic mass is 16.5. The molecule has 90 valence electrons. The van der Waals surface area contributed by atoms with Gasteiger partial charge in [-0.2, -0.15) is 0 Å². The summed E-state index contributed by atoms with van der Waals surface area (Å²) in [6.07, 6.45) is 7.12. The van der Waals surface area contributed by atoms with E-state index in [4.69, 9.17) is 4.74 Å². The van der Waals surface area contributed by atoms with Crippen LogP contribution in [0.1, 0.15) is 31.4 Å². The van der Waals surface area contributed by atoms with Gasteiger partial charge < -0.3 is 10.1 Å². The van der Waals surface area contributed by atoms with E-state index in [1.807, 2.05) is 7.05 Å². The Labute approximate surface area is 96.2 Å². The highest BCUT2D eigenvalue weighted by Crippen LogP contribution is 2.14. The molecule has 0 saturated carbocycles. The number of aromatic nitrogens is 3. The molecule has 1 aliphatic rings. The molecule has 0 amide bonds. The monoisotopic (exact) mass is 224 g/mol. The molecule has 2 heterocycles. The van der Waals surface area contributed by atoms with Gasteiger partial charge in [0.1, 0.15) is 0 Å². The minimum Gasteiger partial charge on any atom is -0.378 e. The van der Waals surface area contributed by atoms with Crippen molar-refractivity contribution in [2.75, 3.05) is 13.2 Å². The SMILES string of the molecule is Cn1nncc1CNCCC1CCCCO1. The van der Waals surface area contributed by atoms with Gasteiger partial charge >= 0.3 is 0 Å². The summed E-state index contributed by atoms with van der Waals surface area (Å²) in [6, 6.07) is 0. The van der Waals surface area contributed by atoms with Crippen molar-refractivity contribution in [3.8, 4) is 0 Å². The summed E-state index contributed by atoms with van der Waals surface area (Å²) in [5, 5.41) is 11.1. The number of hydrogen-bond donors (Lipinski definition) is 1. The maximum absolute atomic E-state index is 5.67. The molecule has 1 saturated heterocycles. The van der Waals surface area contributed by atoms with Gasteiger partial charge in [-0.3, -0.25) is 4.68 Å². The number of ether oxygens (including phenoxy) is 1. The van der Waals surface area contributed by atoms with E-state index < -0.39 is 0 Å². The van der Waals surface area contributed by atoms with Crippen LogP contribution in [0.15, 0.2) is 6.20 Å². The molecule has 0 radical (unpaired) electrons. The van der Waals surface area contributed by atoms with Crippen LogP contribution in [0.25, 0.3) is 0 Å². The summed E-state index contributed by atoms with van der Waals surface area (Å²) in [5.74, 6) is 0. The lowest BCUT2D eigenvalue weighted by atomic mass is 10.1. The topological polar surface area (TPSA) is 52.0 Å². The third-order valence-electron chi connectivity index (χ3n) is 3.03. The molecule has 1 aromatic heterocycles. The quantitative estimate of drug-likeness (QED) is 0.754. The summed E-state index contributed by atoms with van der Waals surface area (Å²) >= 11 is 0. The normalized spacial score (nSPS) is 21.2. The van der Waals surface area contributed by atoms with Crippen molar-refractivity contribution < 1.29 is 4.74 Å². The van der Waals surface area contributed by atoms with Crippen molar-refractivity contribution in [2.45, 2.75) is 38.3 Å². The van der Waals surface area contributed by atoms with Crippen molar-refractivity contribution in [3.05, 3.63) is 11.9 Å². The highest BCUT2D eigenvalue weighted by Gasteiger charge is 2.12. The predicted molar refractivity (Wildman–Crippen MR) is 60.9 cm³/mol. The molecule has 1 aliphatic heterocycles. The summed E-state index contributed by atoms with van der Waals surface area (Å²) < 4.78 is 7.46. The largest absolute Gasteiger partial charge is 0.378 e. The van der Waals surface area contributed by atoms with E-state index in [1.165, 1.54) is 19.3 Å². The molecule has 5 nitrogen and oxygen atoms in total. The van der Waals surface area contributed by atoms with E-state index in [0.29, 0.717) is 6.10 Å². The van der Waals surface area contributed by atoms with Crippen LogP contribution in [0, 0.1) is 0 Å². The van der Waals surface area contributed by atoms with Crippen LogP contribution in [-0.2, 0) is 18.3 Å². The fourth-order valence-corrected chi connectivity index (χ4v) is 1.99. The molecular weight excluding hydrogens is 204 g/mol. The summed E-state index contributed by atoms with van der Waals surface area (Å²) in [5.41, 5.74) is 1.12. The molecule has 1 aromatic rings. The second-order valence-electron chi connectivity index (χ2n) is 4.30. The molecule has 1 unspecified atom stereocenters. The van der Waals surface area contributed by atoms with Crippen molar-refractivity contribution in [2.24, 2.45) is 7.05 Å². The average molecular weight is 224 g/mol. The number of hydrogen-bond acceptors (Lipinski definition) is 4. The van der Waals surface area contributed by atoms with Crippen molar-refractivity contribution >= 4 is 0 Å². The number of aryl methyl sites for hydroxylation is 1. The lowest BCUT2D eigenvalue weighted by Crippen LogP contribution is -2.25. The molecule has 0 aromatic carbocycles. The first-order valence-corrected chi connectivity index (χ1v) is 6.02. The zero-order valence-corrected chi connectivity index (χ0v) is 9.85. The van der Waals surface area contributed by atoms with Gasteiger partial charge in [0.2, 0.25) is 0 Å². The molecule has 5 heteroatoms. The number of nitrogens with one attached hydrogen (secondary N) is 1. The van der Waals surface area contributed by atoms with Crippen LogP contribution >= 0.6 is 0 Å². The van der Waals surface area contributed by atoms with E-state index in [0.717, 1.165) is 31.8 Å². The lowest BCUT2D eigenvalue weighted by molar-refractivity contribution is 0.0115. The first-order chi connectivity index (χ1) is 7.86. The molecule has 2 rings (SSSR count). The summed E-state index contributed by atoms with van der Waals surface area (Å²) in [4.78, 5) is 0. The van der Waals surface area contributed by atoms with Crippen molar-refractivity contribution in [1.82, 2.24) is 20.3 Å². The fraction of sp³-hybridized carbons (Fsp3) is 0.818. The van der Waals surface area contributed by atoms with Crippen LogP contribution in [0.5, 0.6) is 0 Å². The second-order valence-corrected chi connectivity index (χ2v) is 4.30. The Morgan fingerprint density at radius 1 is 1.56 bits per heavy atom. The van der Waals surface area contributed by atoms with Gasteiger partial charge in [-0.1, -0.05) is 5.21 Å². The fourth-order valence-electron chi connectivity index (χ4n) is 1.99. The van der Waals surface area contributed by atoms with E-state index in [-0.39, 0.29) is 0 Å². The maximum Gasteiger partial charge on any atom is 0.0738 e. The average Bonchev–Trinajstić information content (AvgIpc) is 2.72. The number of nitrogens with zero attached hydrogens (tertiary/aromatic N) is 3. The molecule has 1 fully saturated rings. The smallest absolute Gasteiger partial charge is 0.0738 e. The number of rotatable bonds is 5. The second kappa shape index (κ2) is 5.96. The first kappa shape index (κ1) is 11.5. The minimum atomic E-state index is 0.464. The van der Waals surface area contributed by atoms with Gasteiger partial charge in [0.15, 0.2) is 0 Å². The molecule has 0 bridgehead atoms. The van der Waals surface area contributed by atoms with E-state index in [9.17, 15) is 0 Å². The zero-order valence-electron chi connectivity index (χ0n) is 9.85. The Morgan fingerprint density at radius 3 is 3.19 bits per heavy atom. The van der Waals surface area contributed by atoms with E-state index in [2.05, 4.69) is 15.6 Å². The molecule has 0 aliphatic carbocycles. The van der Waals surface area contributed by atoms with E-state index >= 15 is 0 Å². The van der Waals surface area contributed by atoms with Gasteiger partial charge in [-0.05, 0) is 32.2 Å². The first-order valence-electron chi connectivity index (χ1n) is 6.02. The van der Waals surface area contributed by atoms with Crippen LogP contribution in [0.2, 0.25) is 0 Å². The van der Waals surface area contributed by atoms with Crippen molar-refractivity contribution in [1.29, 1.82) is 0 Å². The Balaban J connectivity index is 1.59. The van der Waals surface area contributed by atoms with Crippen molar-refractivity contribution in [3.63, 3.8) is 0 Å². The molecule has 1 N–H and O–H groups in total. The maximum atomic E-state index is 5.67. The Kier molecular flexibility index (Phi) is 4.30. The van der Waals surface area contributed by atoms with Crippen LogP contribution in [0.3, 0.4) is 0 Å². The van der Waals surface area contributed by atoms with Gasteiger partial charge in [-0.15, -0.1) is 5.10 Å². The minimum absolute atomic E-state index is 0.464. The Bertz CT molecular complexity index is 307. The Morgan fingerprint density at radius 2 is 2.50 bits per heavy atom. The van der Waals surface area contributed by atoms with E-state index in [1.54, 1.807) is 10.9 Å². The molecule has 1 atom stereocenters. The molecule has 16 heavy (non-hydrogen) atoms. The predicted octanol–water partition coefficient (Wildman–Crippen LogP) is 0.864. The third kappa shape index (κ3) is 3.28. The van der Waals surface area contributed by atoms with Crippen LogP contribution < -0.4 is 5.32 Å². The molecule has 0 spiro atoms. The zero-order chi connectivity index (χ0) is 11.2. The van der Waals surface area contributed by atoms with Gasteiger partial charge in [0.25, 0.3) is 0 Å². The standard InChI is InChI=1S/C11H20N4O/c1-15-10(9-13-14-15)8-12-6-5-11-4-2-3-7-16-11/h9,11-12H,2-8H2,1H3. The summed E-state index contributed by atoms with van der Waals surface area (Å²) in [7, 11) is 1.91. The lowest BCUT2D eigenvalue weighted by Gasteiger charge is -2.22. The highest BCUT2D eigenvalue weighted by molar-refractivity contribution is 4.92. The third-order valence-corrected chi connectivity index (χ3v) is 3.03. The summed E-state index contributed by atoms with van der Waals surface area (Å²) in [6.45, 7) is 2.77. The molecular formula is C11H20N4O. The van der Waals surface area contributed by atoms with Gasteiger partial charge in [0.05, 0.1) is 18.0 Å². The van der Waals surface area contributed by atoms with Crippen LogP contribution in [-0.4, -0.2) is 34.2 Å². The van der Waals surface area contributed by atoms with Crippen LogP contribution in [0.4, 0.5) is 0 Å².